The fourth-order valence-electron chi connectivity index (χ4n) is 3.56. The first-order valence-electron chi connectivity index (χ1n) is 10.8. The van der Waals surface area contributed by atoms with Crippen LogP contribution >= 0.6 is 23.1 Å². The van der Waals surface area contributed by atoms with Crippen LogP contribution < -0.4 is 5.32 Å². The maximum atomic E-state index is 12.8. The van der Waals surface area contributed by atoms with Crippen LogP contribution in [-0.4, -0.2) is 39.5 Å². The average molecular weight is 505 g/mol. The summed E-state index contributed by atoms with van der Waals surface area (Å²) >= 11 is 2.57. The smallest absolute Gasteiger partial charge is 0.341 e. The molecule has 0 aliphatic rings. The van der Waals surface area contributed by atoms with E-state index < -0.39 is 5.97 Å². The van der Waals surface area contributed by atoms with Crippen LogP contribution in [0.15, 0.2) is 77.8 Å². The maximum Gasteiger partial charge on any atom is 0.341 e. The molecule has 7 nitrogen and oxygen atoms in total. The minimum atomic E-state index is -0.499. The Bertz CT molecular complexity index is 1360. The normalized spacial score (nSPS) is 10.7. The van der Waals surface area contributed by atoms with Gasteiger partial charge in [0.1, 0.15) is 10.6 Å². The highest BCUT2D eigenvalue weighted by Gasteiger charge is 2.23. The fraction of sp³-hybridized carbons (Fsp3) is 0.154. The van der Waals surface area contributed by atoms with E-state index in [2.05, 4.69) is 22.1 Å². The number of nitrogens with one attached hydrogen (secondary N) is 1. The lowest BCUT2D eigenvalue weighted by Crippen LogP contribution is -2.16. The summed E-state index contributed by atoms with van der Waals surface area (Å²) < 4.78 is 6.91. The van der Waals surface area contributed by atoms with Gasteiger partial charge in [-0.25, -0.2) is 4.79 Å². The standard InChI is InChI=1S/C26H24N4O3S2/c1-4-13-30-23(19-12-8-9-17(2)14-19)28-29-26(30)35-16-21(31)27-24-22(25(32)33-3)20(15-34-24)18-10-6-5-7-11-18/h4-12,14-15H,1,13,16H2,2-3H3,(H,27,31). The van der Waals surface area contributed by atoms with Gasteiger partial charge in [0.15, 0.2) is 11.0 Å². The van der Waals surface area contributed by atoms with Gasteiger partial charge < -0.3 is 10.1 Å². The second-order valence-corrected chi connectivity index (χ2v) is 9.45. The Kier molecular flexibility index (Phi) is 7.79. The van der Waals surface area contributed by atoms with E-state index >= 15 is 0 Å². The number of thiophene rings is 1. The number of aryl methyl sites for hydroxylation is 1. The summed E-state index contributed by atoms with van der Waals surface area (Å²) in [7, 11) is 1.33. The largest absolute Gasteiger partial charge is 0.465 e. The van der Waals surface area contributed by atoms with Gasteiger partial charge in [-0.2, -0.15) is 0 Å². The van der Waals surface area contributed by atoms with E-state index in [4.69, 9.17) is 4.74 Å². The maximum absolute atomic E-state index is 12.8. The third-order valence-electron chi connectivity index (χ3n) is 5.16. The number of rotatable bonds is 9. The van der Waals surface area contributed by atoms with Crippen molar-refractivity contribution >= 4 is 40.0 Å². The number of nitrogens with zero attached hydrogens (tertiary/aromatic N) is 3. The molecule has 0 saturated carbocycles. The van der Waals surface area contributed by atoms with Crippen molar-refractivity contribution in [2.45, 2.75) is 18.6 Å². The molecule has 2 aromatic carbocycles. The molecule has 1 N–H and O–H groups in total. The molecule has 9 heteroatoms. The molecule has 0 saturated heterocycles. The van der Waals surface area contributed by atoms with Crippen LogP contribution in [0.25, 0.3) is 22.5 Å². The molecule has 0 spiro atoms. The molecule has 0 fully saturated rings. The fourth-order valence-corrected chi connectivity index (χ4v) is 5.29. The Labute approximate surface area is 211 Å². The first-order valence-corrected chi connectivity index (χ1v) is 12.7. The van der Waals surface area contributed by atoms with Gasteiger partial charge in [-0.15, -0.1) is 28.1 Å². The molecule has 0 radical (unpaired) electrons. The molecular formula is C26H24N4O3S2. The summed E-state index contributed by atoms with van der Waals surface area (Å²) in [5, 5.41) is 14.4. The van der Waals surface area contributed by atoms with Crippen molar-refractivity contribution in [3.05, 3.63) is 83.8 Å². The summed E-state index contributed by atoms with van der Waals surface area (Å²) in [6.07, 6.45) is 1.77. The second kappa shape index (κ2) is 11.2. The Morgan fingerprint density at radius 3 is 2.63 bits per heavy atom. The molecule has 0 unspecified atom stereocenters. The number of carbonyl (C=O) groups is 2. The van der Waals surface area contributed by atoms with E-state index in [-0.39, 0.29) is 11.7 Å². The van der Waals surface area contributed by atoms with E-state index in [0.29, 0.717) is 22.3 Å². The van der Waals surface area contributed by atoms with Gasteiger partial charge in [-0.3, -0.25) is 9.36 Å². The Morgan fingerprint density at radius 2 is 1.91 bits per heavy atom. The zero-order chi connectivity index (χ0) is 24.8. The third kappa shape index (κ3) is 5.52. The molecular weight excluding hydrogens is 480 g/mol. The lowest BCUT2D eigenvalue weighted by Gasteiger charge is -2.09. The van der Waals surface area contributed by atoms with Crippen LogP contribution in [0.2, 0.25) is 0 Å². The minimum Gasteiger partial charge on any atom is -0.465 e. The van der Waals surface area contributed by atoms with Gasteiger partial charge in [0.05, 0.1) is 12.9 Å². The molecule has 0 aliphatic heterocycles. The first-order chi connectivity index (χ1) is 17.0. The summed E-state index contributed by atoms with van der Waals surface area (Å²) in [6, 6.07) is 17.5. The van der Waals surface area contributed by atoms with Crippen LogP contribution in [0.5, 0.6) is 0 Å². The number of methoxy groups -OCH3 is 1. The average Bonchev–Trinajstić information content (AvgIpc) is 3.47. The van der Waals surface area contributed by atoms with Crippen molar-refractivity contribution in [2.75, 3.05) is 18.2 Å². The van der Waals surface area contributed by atoms with Crippen LogP contribution in [0, 0.1) is 6.92 Å². The highest BCUT2D eigenvalue weighted by Crippen LogP contribution is 2.36. The molecule has 2 aromatic heterocycles. The number of ether oxygens (including phenoxy) is 1. The van der Waals surface area contributed by atoms with Gasteiger partial charge in [0, 0.05) is 23.1 Å². The topological polar surface area (TPSA) is 86.1 Å². The van der Waals surface area contributed by atoms with Crippen LogP contribution in [0.4, 0.5) is 5.00 Å². The number of esters is 1. The number of amides is 1. The van der Waals surface area contributed by atoms with Crippen molar-refractivity contribution in [1.29, 1.82) is 0 Å². The highest BCUT2D eigenvalue weighted by molar-refractivity contribution is 7.99. The van der Waals surface area contributed by atoms with Crippen LogP contribution in [0.3, 0.4) is 0 Å². The Balaban J connectivity index is 1.52. The second-order valence-electron chi connectivity index (χ2n) is 7.62. The van der Waals surface area contributed by atoms with E-state index in [9.17, 15) is 9.59 Å². The number of anilines is 1. The molecule has 2 heterocycles. The molecule has 4 rings (SSSR count). The van der Waals surface area contributed by atoms with E-state index in [1.165, 1.54) is 30.2 Å². The SMILES string of the molecule is C=CCn1c(SCC(=O)Nc2scc(-c3ccccc3)c2C(=O)OC)nnc1-c1cccc(C)c1. The zero-order valence-corrected chi connectivity index (χ0v) is 21.0. The van der Waals surface area contributed by atoms with Crippen molar-refractivity contribution in [1.82, 2.24) is 14.8 Å². The number of allylic oxidation sites excluding steroid dienone is 1. The van der Waals surface area contributed by atoms with E-state index in [1.807, 2.05) is 71.5 Å². The summed E-state index contributed by atoms with van der Waals surface area (Å²) in [6.45, 7) is 6.37. The van der Waals surface area contributed by atoms with Crippen molar-refractivity contribution in [3.63, 3.8) is 0 Å². The van der Waals surface area contributed by atoms with Gasteiger partial charge in [-0.05, 0) is 18.6 Å². The predicted molar refractivity (Wildman–Crippen MR) is 141 cm³/mol. The van der Waals surface area contributed by atoms with Crippen molar-refractivity contribution < 1.29 is 14.3 Å². The number of thioether (sulfide) groups is 1. The van der Waals surface area contributed by atoms with E-state index in [1.54, 1.807) is 6.08 Å². The zero-order valence-electron chi connectivity index (χ0n) is 19.4. The summed E-state index contributed by atoms with van der Waals surface area (Å²) in [5.41, 5.74) is 4.01. The third-order valence-corrected chi connectivity index (χ3v) is 7.02. The lowest BCUT2D eigenvalue weighted by atomic mass is 10.0. The number of benzene rings is 2. The molecule has 0 aliphatic carbocycles. The number of carbonyl (C=O) groups excluding carboxylic acids is 2. The van der Waals surface area contributed by atoms with Gasteiger partial charge in [0.25, 0.3) is 0 Å². The van der Waals surface area contributed by atoms with Crippen molar-refractivity contribution in [2.24, 2.45) is 0 Å². The number of hydrogen-bond donors (Lipinski definition) is 1. The summed E-state index contributed by atoms with van der Waals surface area (Å²) in [4.78, 5) is 25.4. The Morgan fingerprint density at radius 1 is 1.14 bits per heavy atom. The molecule has 0 atom stereocenters. The van der Waals surface area contributed by atoms with Crippen LogP contribution in [-0.2, 0) is 16.1 Å². The predicted octanol–water partition coefficient (Wildman–Crippen LogP) is 5.69. The van der Waals surface area contributed by atoms with Gasteiger partial charge in [0.2, 0.25) is 5.91 Å². The lowest BCUT2D eigenvalue weighted by molar-refractivity contribution is -0.113. The molecule has 35 heavy (non-hydrogen) atoms. The Hall–Kier alpha value is -3.69. The quantitative estimate of drug-likeness (QED) is 0.179. The first kappa shape index (κ1) is 24.4. The molecule has 4 aromatic rings. The number of aromatic nitrogens is 3. The minimum absolute atomic E-state index is 0.0995. The molecule has 0 bridgehead atoms. The van der Waals surface area contributed by atoms with E-state index in [0.717, 1.165) is 28.1 Å². The molecule has 1 amide bonds. The number of hydrogen-bond acceptors (Lipinski definition) is 7. The van der Waals surface area contributed by atoms with Crippen LogP contribution in [0.1, 0.15) is 15.9 Å². The molecule has 178 valence electrons. The monoisotopic (exact) mass is 504 g/mol. The highest BCUT2D eigenvalue weighted by atomic mass is 32.2. The summed E-state index contributed by atoms with van der Waals surface area (Å²) in [5.74, 6) is 0.0612. The van der Waals surface area contributed by atoms with Crippen molar-refractivity contribution in [3.8, 4) is 22.5 Å². The van der Waals surface area contributed by atoms with Gasteiger partial charge >= 0.3 is 5.97 Å². The van der Waals surface area contributed by atoms with Gasteiger partial charge in [-0.1, -0.05) is 71.9 Å².